The quantitative estimate of drug-likeness (QED) is 0.781. The Hall–Kier alpha value is -1.35. The molecule has 0 saturated heterocycles. The largest absolute Gasteiger partial charge is 0.479 e. The minimum atomic E-state index is -0.940. The molecule has 0 aliphatic heterocycles. The van der Waals surface area contributed by atoms with E-state index in [4.69, 9.17) is 9.84 Å². The van der Waals surface area contributed by atoms with E-state index in [1.54, 1.807) is 24.3 Å². The number of benzene rings is 1. The topological polar surface area (TPSA) is 46.5 Å². The summed E-state index contributed by atoms with van der Waals surface area (Å²) >= 11 is 0. The van der Waals surface area contributed by atoms with Crippen molar-refractivity contribution in [1.82, 2.24) is 0 Å². The second-order valence-electron chi connectivity index (χ2n) is 3.00. The molecule has 1 aromatic rings. The van der Waals surface area contributed by atoms with Crippen LogP contribution in [-0.2, 0) is 9.53 Å². The summed E-state index contributed by atoms with van der Waals surface area (Å²) in [5.41, 5.74) is 0.688. The maximum atomic E-state index is 10.9. The van der Waals surface area contributed by atoms with Crippen LogP contribution >= 0.6 is 0 Å². The summed E-state index contributed by atoms with van der Waals surface area (Å²) in [6, 6.07) is 8.98. The number of carboxylic acid groups (broad SMARTS) is 1. The lowest BCUT2D eigenvalue weighted by atomic mass is 10.1. The zero-order valence-corrected chi connectivity index (χ0v) is 8.14. The van der Waals surface area contributed by atoms with Gasteiger partial charge in [-0.25, -0.2) is 4.79 Å². The molecule has 1 unspecified atom stereocenters. The summed E-state index contributed by atoms with van der Waals surface area (Å²) in [6.45, 7) is 2.41. The standard InChI is InChI=1S/C11H14O3/c1-2-8-14-10(11(12)13)9-6-4-3-5-7-9/h3-7,10H,2,8H2,1H3,(H,12,13). The first kappa shape index (κ1) is 10.7. The first-order valence-electron chi connectivity index (χ1n) is 4.65. The van der Waals surface area contributed by atoms with Crippen molar-refractivity contribution in [3.8, 4) is 0 Å². The van der Waals surface area contributed by atoms with E-state index in [-0.39, 0.29) is 0 Å². The molecule has 0 radical (unpaired) electrons. The van der Waals surface area contributed by atoms with E-state index in [9.17, 15) is 4.79 Å². The molecule has 0 saturated carbocycles. The molecule has 1 atom stereocenters. The van der Waals surface area contributed by atoms with Crippen molar-refractivity contribution in [2.45, 2.75) is 19.4 Å². The molecule has 14 heavy (non-hydrogen) atoms. The van der Waals surface area contributed by atoms with Gasteiger partial charge in [-0.3, -0.25) is 0 Å². The molecule has 1 rings (SSSR count). The highest BCUT2D eigenvalue weighted by atomic mass is 16.5. The van der Waals surface area contributed by atoms with Gasteiger partial charge in [0.1, 0.15) is 0 Å². The van der Waals surface area contributed by atoms with Crippen LogP contribution in [0, 0.1) is 0 Å². The van der Waals surface area contributed by atoms with Crippen LogP contribution in [0.3, 0.4) is 0 Å². The molecule has 0 bridgehead atoms. The molecule has 0 spiro atoms. The highest BCUT2D eigenvalue weighted by molar-refractivity contribution is 5.74. The minimum Gasteiger partial charge on any atom is -0.479 e. The van der Waals surface area contributed by atoms with Crippen LogP contribution in [0.4, 0.5) is 0 Å². The van der Waals surface area contributed by atoms with E-state index in [2.05, 4.69) is 0 Å². The third-order valence-corrected chi connectivity index (χ3v) is 1.82. The van der Waals surface area contributed by atoms with E-state index in [0.29, 0.717) is 12.2 Å². The lowest BCUT2D eigenvalue weighted by Gasteiger charge is -2.12. The molecule has 0 heterocycles. The first-order chi connectivity index (χ1) is 6.75. The molecule has 76 valence electrons. The minimum absolute atomic E-state index is 0.464. The molecular weight excluding hydrogens is 180 g/mol. The van der Waals surface area contributed by atoms with Crippen molar-refractivity contribution in [3.63, 3.8) is 0 Å². The lowest BCUT2D eigenvalue weighted by molar-refractivity contribution is -0.150. The van der Waals surface area contributed by atoms with Crippen LogP contribution in [0.2, 0.25) is 0 Å². The SMILES string of the molecule is CCCOC(C(=O)O)c1ccccc1. The third-order valence-electron chi connectivity index (χ3n) is 1.82. The molecule has 3 nitrogen and oxygen atoms in total. The predicted molar refractivity (Wildman–Crippen MR) is 53.1 cm³/mol. The van der Waals surface area contributed by atoms with E-state index < -0.39 is 12.1 Å². The average molecular weight is 194 g/mol. The molecule has 1 aromatic carbocycles. The van der Waals surface area contributed by atoms with Gasteiger partial charge in [0.25, 0.3) is 0 Å². The fourth-order valence-corrected chi connectivity index (χ4v) is 1.17. The van der Waals surface area contributed by atoms with Crippen LogP contribution < -0.4 is 0 Å². The number of carbonyl (C=O) groups is 1. The van der Waals surface area contributed by atoms with E-state index in [0.717, 1.165) is 6.42 Å². The van der Waals surface area contributed by atoms with Crippen LogP contribution in [-0.4, -0.2) is 17.7 Å². The van der Waals surface area contributed by atoms with Gasteiger partial charge in [-0.1, -0.05) is 37.3 Å². The van der Waals surface area contributed by atoms with Gasteiger partial charge < -0.3 is 9.84 Å². The molecule has 0 aromatic heterocycles. The van der Waals surface area contributed by atoms with Gasteiger partial charge in [0.2, 0.25) is 0 Å². The van der Waals surface area contributed by atoms with Crippen LogP contribution in [0.5, 0.6) is 0 Å². The van der Waals surface area contributed by atoms with E-state index in [1.807, 2.05) is 13.0 Å². The Balaban J connectivity index is 2.73. The zero-order valence-electron chi connectivity index (χ0n) is 8.14. The number of aliphatic carboxylic acids is 1. The monoisotopic (exact) mass is 194 g/mol. The number of hydrogen-bond donors (Lipinski definition) is 1. The van der Waals surface area contributed by atoms with Gasteiger partial charge in [-0.05, 0) is 12.0 Å². The maximum absolute atomic E-state index is 10.9. The summed E-state index contributed by atoms with van der Waals surface area (Å²) in [4.78, 5) is 10.9. The Morgan fingerprint density at radius 1 is 1.43 bits per heavy atom. The van der Waals surface area contributed by atoms with Crippen molar-refractivity contribution < 1.29 is 14.6 Å². The number of carboxylic acids is 1. The van der Waals surface area contributed by atoms with Crippen LogP contribution in [0.25, 0.3) is 0 Å². The Morgan fingerprint density at radius 2 is 2.07 bits per heavy atom. The van der Waals surface area contributed by atoms with Crippen molar-refractivity contribution in [3.05, 3.63) is 35.9 Å². The summed E-state index contributed by atoms with van der Waals surface area (Å²) in [5, 5.41) is 8.93. The second kappa shape index (κ2) is 5.40. The number of ether oxygens (including phenoxy) is 1. The van der Waals surface area contributed by atoms with Crippen molar-refractivity contribution >= 4 is 5.97 Å². The molecular formula is C11H14O3. The van der Waals surface area contributed by atoms with Crippen molar-refractivity contribution in [2.24, 2.45) is 0 Å². The summed E-state index contributed by atoms with van der Waals surface area (Å²) in [5.74, 6) is -0.940. The molecule has 0 aliphatic rings. The van der Waals surface area contributed by atoms with Gasteiger partial charge in [0, 0.05) is 6.61 Å². The van der Waals surface area contributed by atoms with Gasteiger partial charge in [-0.2, -0.15) is 0 Å². The fourth-order valence-electron chi connectivity index (χ4n) is 1.17. The smallest absolute Gasteiger partial charge is 0.337 e. The van der Waals surface area contributed by atoms with E-state index in [1.165, 1.54) is 0 Å². The summed E-state index contributed by atoms with van der Waals surface area (Å²) < 4.78 is 5.24. The van der Waals surface area contributed by atoms with Crippen LogP contribution in [0.1, 0.15) is 25.0 Å². The molecule has 0 amide bonds. The maximum Gasteiger partial charge on any atom is 0.337 e. The lowest BCUT2D eigenvalue weighted by Crippen LogP contribution is -2.15. The highest BCUT2D eigenvalue weighted by Gasteiger charge is 2.19. The molecule has 1 N–H and O–H groups in total. The second-order valence-corrected chi connectivity index (χ2v) is 3.00. The fraction of sp³-hybridized carbons (Fsp3) is 0.364. The van der Waals surface area contributed by atoms with Crippen molar-refractivity contribution in [1.29, 1.82) is 0 Å². The highest BCUT2D eigenvalue weighted by Crippen LogP contribution is 2.17. The summed E-state index contributed by atoms with van der Waals surface area (Å²) in [6.07, 6.45) is -0.0208. The van der Waals surface area contributed by atoms with Gasteiger partial charge in [0.05, 0.1) is 0 Å². The Kier molecular flexibility index (Phi) is 4.13. The van der Waals surface area contributed by atoms with Gasteiger partial charge in [0.15, 0.2) is 6.10 Å². The average Bonchev–Trinajstić information content (AvgIpc) is 2.19. The van der Waals surface area contributed by atoms with E-state index >= 15 is 0 Å². The number of hydrogen-bond acceptors (Lipinski definition) is 2. The molecule has 0 aliphatic carbocycles. The summed E-state index contributed by atoms with van der Waals surface area (Å²) in [7, 11) is 0. The normalized spacial score (nSPS) is 12.4. The van der Waals surface area contributed by atoms with Gasteiger partial charge >= 0.3 is 5.97 Å². The zero-order chi connectivity index (χ0) is 10.4. The first-order valence-corrected chi connectivity index (χ1v) is 4.65. The third kappa shape index (κ3) is 2.85. The Morgan fingerprint density at radius 3 is 2.57 bits per heavy atom. The van der Waals surface area contributed by atoms with Crippen LogP contribution in [0.15, 0.2) is 30.3 Å². The number of rotatable bonds is 5. The Bertz CT molecular complexity index is 282. The Labute approximate surface area is 83.3 Å². The molecule has 0 fully saturated rings. The predicted octanol–water partition coefficient (Wildman–Crippen LogP) is 2.24. The van der Waals surface area contributed by atoms with Gasteiger partial charge in [-0.15, -0.1) is 0 Å². The molecule has 3 heteroatoms. The van der Waals surface area contributed by atoms with Crippen molar-refractivity contribution in [2.75, 3.05) is 6.61 Å².